The van der Waals surface area contributed by atoms with Crippen LogP contribution in [0.1, 0.15) is 32.1 Å². The van der Waals surface area contributed by atoms with E-state index >= 15 is 0 Å². The van der Waals surface area contributed by atoms with E-state index in [4.69, 9.17) is 0 Å². The molecule has 0 bridgehead atoms. The number of carbonyl (C=O) groups excluding carboxylic acids is 2. The summed E-state index contributed by atoms with van der Waals surface area (Å²) in [4.78, 5) is 26.8. The van der Waals surface area contributed by atoms with Crippen molar-refractivity contribution in [1.29, 1.82) is 0 Å². The first-order valence-corrected chi connectivity index (χ1v) is 5.59. The van der Waals surface area contributed by atoms with E-state index in [1.54, 1.807) is 0 Å². The third-order valence-electron chi connectivity index (χ3n) is 3.54. The van der Waals surface area contributed by atoms with E-state index in [2.05, 4.69) is 13.2 Å². The second-order valence-corrected chi connectivity index (χ2v) is 4.29. The van der Waals surface area contributed by atoms with Gasteiger partial charge in [0, 0.05) is 12.4 Å². The Morgan fingerprint density at radius 3 is 2.19 bits per heavy atom. The first-order chi connectivity index (χ1) is 7.67. The van der Waals surface area contributed by atoms with Crippen molar-refractivity contribution in [2.75, 3.05) is 0 Å². The van der Waals surface area contributed by atoms with Crippen molar-refractivity contribution in [1.82, 2.24) is 9.80 Å². The maximum atomic E-state index is 12.2. The molecular formula is C12H16N2O2. The first kappa shape index (κ1) is 10.9. The van der Waals surface area contributed by atoms with Gasteiger partial charge in [0.1, 0.15) is 5.54 Å². The van der Waals surface area contributed by atoms with Gasteiger partial charge in [0.15, 0.2) is 0 Å². The highest BCUT2D eigenvalue weighted by atomic mass is 16.2. The molecule has 1 spiro atoms. The van der Waals surface area contributed by atoms with Crippen LogP contribution in [0.5, 0.6) is 0 Å². The van der Waals surface area contributed by atoms with Crippen LogP contribution in [0.2, 0.25) is 0 Å². The molecule has 0 atom stereocenters. The third-order valence-corrected chi connectivity index (χ3v) is 3.54. The fourth-order valence-corrected chi connectivity index (χ4v) is 2.72. The quantitative estimate of drug-likeness (QED) is 0.669. The Hall–Kier alpha value is -1.58. The van der Waals surface area contributed by atoms with Crippen molar-refractivity contribution in [2.24, 2.45) is 0 Å². The zero-order chi connectivity index (χ0) is 11.8. The Morgan fingerprint density at radius 1 is 1.06 bits per heavy atom. The van der Waals surface area contributed by atoms with Crippen LogP contribution in [-0.4, -0.2) is 27.3 Å². The van der Waals surface area contributed by atoms with Crippen LogP contribution >= 0.6 is 0 Å². The van der Waals surface area contributed by atoms with Gasteiger partial charge < -0.3 is 0 Å². The largest absolute Gasteiger partial charge is 0.335 e. The summed E-state index contributed by atoms with van der Waals surface area (Å²) in [5.41, 5.74) is -0.675. The van der Waals surface area contributed by atoms with E-state index in [1.807, 2.05) is 0 Å². The van der Waals surface area contributed by atoms with Crippen LogP contribution in [0.4, 0.5) is 4.79 Å². The van der Waals surface area contributed by atoms with Gasteiger partial charge in [0.2, 0.25) is 0 Å². The minimum absolute atomic E-state index is 0.146. The summed E-state index contributed by atoms with van der Waals surface area (Å²) in [6.45, 7) is 7.15. The van der Waals surface area contributed by atoms with E-state index in [9.17, 15) is 9.59 Å². The number of amides is 3. The normalized spacial score (nSPS) is 24.0. The van der Waals surface area contributed by atoms with Gasteiger partial charge in [-0.2, -0.15) is 0 Å². The van der Waals surface area contributed by atoms with Crippen LogP contribution in [0.15, 0.2) is 25.6 Å². The van der Waals surface area contributed by atoms with Crippen LogP contribution in [-0.2, 0) is 4.79 Å². The molecule has 16 heavy (non-hydrogen) atoms. The Kier molecular flexibility index (Phi) is 2.58. The molecule has 4 heteroatoms. The van der Waals surface area contributed by atoms with E-state index in [0.717, 1.165) is 37.0 Å². The third kappa shape index (κ3) is 1.22. The monoisotopic (exact) mass is 220 g/mol. The first-order valence-electron chi connectivity index (χ1n) is 5.59. The van der Waals surface area contributed by atoms with Gasteiger partial charge in [0.25, 0.3) is 5.91 Å². The number of rotatable bonds is 2. The molecule has 0 aromatic heterocycles. The molecule has 1 saturated carbocycles. The molecule has 3 amide bonds. The zero-order valence-electron chi connectivity index (χ0n) is 9.32. The van der Waals surface area contributed by atoms with Gasteiger partial charge in [-0.1, -0.05) is 32.4 Å². The highest BCUT2D eigenvalue weighted by Crippen LogP contribution is 2.40. The van der Waals surface area contributed by atoms with Crippen molar-refractivity contribution in [2.45, 2.75) is 37.6 Å². The van der Waals surface area contributed by atoms with Gasteiger partial charge in [-0.25, -0.2) is 9.69 Å². The lowest BCUT2D eigenvalue weighted by atomic mass is 9.80. The van der Waals surface area contributed by atoms with Gasteiger partial charge in [-0.05, 0) is 12.8 Å². The average Bonchev–Trinajstić information content (AvgIpc) is 2.49. The maximum absolute atomic E-state index is 12.2. The number of nitrogens with zero attached hydrogens (tertiary/aromatic N) is 2. The van der Waals surface area contributed by atoms with Crippen LogP contribution in [0, 0.1) is 0 Å². The topological polar surface area (TPSA) is 40.6 Å². The van der Waals surface area contributed by atoms with E-state index < -0.39 is 5.54 Å². The van der Waals surface area contributed by atoms with Crippen molar-refractivity contribution in [3.63, 3.8) is 0 Å². The molecular weight excluding hydrogens is 204 g/mol. The van der Waals surface area contributed by atoms with Crippen LogP contribution < -0.4 is 0 Å². The molecule has 2 fully saturated rings. The minimum atomic E-state index is -0.675. The lowest BCUT2D eigenvalue weighted by Gasteiger charge is -2.36. The summed E-state index contributed by atoms with van der Waals surface area (Å²) >= 11 is 0. The fraction of sp³-hybridized carbons (Fsp3) is 0.500. The Labute approximate surface area is 95.2 Å². The van der Waals surface area contributed by atoms with E-state index in [0.29, 0.717) is 0 Å². The molecule has 1 saturated heterocycles. The molecule has 0 N–H and O–H groups in total. The maximum Gasteiger partial charge on any atom is 0.335 e. The van der Waals surface area contributed by atoms with E-state index in [-0.39, 0.29) is 11.9 Å². The highest BCUT2D eigenvalue weighted by Gasteiger charge is 2.55. The summed E-state index contributed by atoms with van der Waals surface area (Å²) in [5.74, 6) is -0.146. The molecule has 1 heterocycles. The SMILES string of the molecule is C=CN1C(=O)N(C=C)C2(CCCCC2)C1=O. The highest BCUT2D eigenvalue weighted by molar-refractivity contribution is 6.08. The van der Waals surface area contributed by atoms with Crippen molar-refractivity contribution >= 4 is 11.9 Å². The standard InChI is InChI=1S/C12H16N2O2/c1-3-13-10(15)12(8-6-5-7-9-12)14(4-2)11(13)16/h3-4H,1-2,5-9H2. The van der Waals surface area contributed by atoms with E-state index in [1.165, 1.54) is 17.3 Å². The van der Waals surface area contributed by atoms with Gasteiger partial charge >= 0.3 is 6.03 Å². The van der Waals surface area contributed by atoms with Crippen LogP contribution in [0.3, 0.4) is 0 Å². The number of carbonyl (C=O) groups is 2. The summed E-state index contributed by atoms with van der Waals surface area (Å²) in [6.07, 6.45) is 7.31. The summed E-state index contributed by atoms with van der Waals surface area (Å²) in [7, 11) is 0. The Bertz CT molecular complexity index is 356. The molecule has 2 rings (SSSR count). The number of urea groups is 1. The van der Waals surface area contributed by atoms with Gasteiger partial charge in [0.05, 0.1) is 0 Å². The van der Waals surface area contributed by atoms with Gasteiger partial charge in [-0.3, -0.25) is 9.69 Å². The van der Waals surface area contributed by atoms with Crippen molar-refractivity contribution < 1.29 is 9.59 Å². The van der Waals surface area contributed by atoms with Crippen molar-refractivity contribution in [3.05, 3.63) is 25.6 Å². The fourth-order valence-electron chi connectivity index (χ4n) is 2.72. The zero-order valence-corrected chi connectivity index (χ0v) is 9.32. The summed E-state index contributed by atoms with van der Waals surface area (Å²) in [6, 6.07) is -0.322. The second kappa shape index (κ2) is 3.77. The summed E-state index contributed by atoms with van der Waals surface area (Å²) < 4.78 is 0. The molecule has 1 aliphatic carbocycles. The molecule has 2 aliphatic rings. The lowest BCUT2D eigenvalue weighted by molar-refractivity contribution is -0.132. The molecule has 0 aromatic rings. The molecule has 4 nitrogen and oxygen atoms in total. The molecule has 0 aromatic carbocycles. The molecule has 0 radical (unpaired) electrons. The number of imide groups is 1. The molecule has 1 aliphatic heterocycles. The Balaban J connectivity index is 2.42. The minimum Gasteiger partial charge on any atom is -0.286 e. The number of hydrogen-bond acceptors (Lipinski definition) is 2. The molecule has 0 unspecified atom stereocenters. The predicted octanol–water partition coefficient (Wildman–Crippen LogP) is 2.24. The van der Waals surface area contributed by atoms with Crippen LogP contribution in [0.25, 0.3) is 0 Å². The van der Waals surface area contributed by atoms with Crippen molar-refractivity contribution in [3.8, 4) is 0 Å². The molecule has 86 valence electrons. The van der Waals surface area contributed by atoms with Gasteiger partial charge in [-0.15, -0.1) is 0 Å². The second-order valence-electron chi connectivity index (χ2n) is 4.29. The lowest BCUT2D eigenvalue weighted by Crippen LogP contribution is -2.48. The average molecular weight is 220 g/mol. The number of hydrogen-bond donors (Lipinski definition) is 0. The summed E-state index contributed by atoms with van der Waals surface area (Å²) in [5, 5.41) is 0. The predicted molar refractivity (Wildman–Crippen MR) is 60.3 cm³/mol. The Morgan fingerprint density at radius 2 is 1.69 bits per heavy atom. The smallest absolute Gasteiger partial charge is 0.286 e.